The van der Waals surface area contributed by atoms with E-state index in [-0.39, 0.29) is 11.8 Å². The van der Waals surface area contributed by atoms with E-state index in [0.717, 1.165) is 43.7 Å². The van der Waals surface area contributed by atoms with Gasteiger partial charge in [-0.1, -0.05) is 19.1 Å². The first-order chi connectivity index (χ1) is 14.7. The summed E-state index contributed by atoms with van der Waals surface area (Å²) in [5.74, 6) is 2.78. The number of carbonyl (C=O) groups excluding carboxylic acids is 1. The lowest BCUT2D eigenvalue weighted by Crippen LogP contribution is -2.39. The van der Waals surface area contributed by atoms with Gasteiger partial charge in [0.05, 0.1) is 11.0 Å². The van der Waals surface area contributed by atoms with E-state index in [1.807, 2.05) is 29.2 Å². The van der Waals surface area contributed by atoms with Gasteiger partial charge in [-0.2, -0.15) is 0 Å². The first kappa shape index (κ1) is 19.0. The average Bonchev–Trinajstić information content (AvgIpc) is 3.17. The van der Waals surface area contributed by atoms with Crippen molar-refractivity contribution in [2.45, 2.75) is 38.6 Å². The number of fused-ring (bicyclic) bond motifs is 2. The van der Waals surface area contributed by atoms with Crippen molar-refractivity contribution >= 4 is 16.9 Å². The van der Waals surface area contributed by atoms with E-state index in [1.54, 1.807) is 0 Å². The topological polar surface area (TPSA) is 56.6 Å². The van der Waals surface area contributed by atoms with Gasteiger partial charge in [0, 0.05) is 31.1 Å². The van der Waals surface area contributed by atoms with Crippen LogP contribution in [0.1, 0.15) is 48.3 Å². The van der Waals surface area contributed by atoms with Crippen LogP contribution >= 0.6 is 0 Å². The van der Waals surface area contributed by atoms with E-state index in [1.165, 1.54) is 5.52 Å². The highest BCUT2D eigenvalue weighted by Crippen LogP contribution is 2.33. The molecule has 2 aliphatic heterocycles. The molecule has 1 amide bonds. The van der Waals surface area contributed by atoms with Crippen molar-refractivity contribution in [3.63, 3.8) is 0 Å². The van der Waals surface area contributed by atoms with Gasteiger partial charge < -0.3 is 18.9 Å². The number of imidazole rings is 1. The number of piperidine rings is 1. The fourth-order valence-corrected chi connectivity index (χ4v) is 4.60. The van der Waals surface area contributed by atoms with Crippen LogP contribution in [-0.4, -0.2) is 46.7 Å². The molecule has 156 valence electrons. The van der Waals surface area contributed by atoms with Gasteiger partial charge in [-0.3, -0.25) is 4.79 Å². The van der Waals surface area contributed by atoms with Crippen LogP contribution in [0.2, 0.25) is 0 Å². The maximum absolute atomic E-state index is 13.2. The molecule has 30 heavy (non-hydrogen) atoms. The second kappa shape index (κ2) is 8.01. The molecule has 2 aromatic carbocycles. The summed E-state index contributed by atoms with van der Waals surface area (Å²) >= 11 is 0. The maximum Gasteiger partial charge on any atom is 0.254 e. The summed E-state index contributed by atoms with van der Waals surface area (Å²) in [5, 5.41) is 0. The number of carbonyl (C=O) groups is 1. The lowest BCUT2D eigenvalue weighted by atomic mass is 9.96. The van der Waals surface area contributed by atoms with Crippen molar-refractivity contribution in [1.29, 1.82) is 0 Å². The zero-order chi connectivity index (χ0) is 20.5. The van der Waals surface area contributed by atoms with Crippen molar-refractivity contribution in [3.8, 4) is 11.5 Å². The van der Waals surface area contributed by atoms with Gasteiger partial charge in [0.15, 0.2) is 11.5 Å². The second-order valence-electron chi connectivity index (χ2n) is 8.06. The largest absolute Gasteiger partial charge is 0.486 e. The third-order valence-electron chi connectivity index (χ3n) is 5.99. The number of aryl methyl sites for hydroxylation is 1. The Bertz CT molecular complexity index is 1070. The number of nitrogens with zero attached hydrogens (tertiary/aromatic N) is 3. The molecule has 1 aromatic heterocycles. The molecule has 0 N–H and O–H groups in total. The van der Waals surface area contributed by atoms with Crippen LogP contribution < -0.4 is 9.47 Å². The fourth-order valence-electron chi connectivity index (χ4n) is 4.60. The minimum absolute atomic E-state index is 0.0508. The monoisotopic (exact) mass is 405 g/mol. The van der Waals surface area contributed by atoms with Crippen LogP contribution in [0, 0.1) is 0 Å². The van der Waals surface area contributed by atoms with E-state index in [9.17, 15) is 4.79 Å². The van der Waals surface area contributed by atoms with Crippen LogP contribution in [-0.2, 0) is 6.54 Å². The van der Waals surface area contributed by atoms with Crippen molar-refractivity contribution in [2.75, 3.05) is 26.3 Å². The Morgan fingerprint density at radius 3 is 2.83 bits per heavy atom. The number of hydrogen-bond acceptors (Lipinski definition) is 4. The normalized spacial score (nSPS) is 18.6. The van der Waals surface area contributed by atoms with Crippen molar-refractivity contribution < 1.29 is 14.3 Å². The molecule has 1 saturated heterocycles. The number of amides is 1. The average molecular weight is 405 g/mol. The van der Waals surface area contributed by atoms with E-state index in [2.05, 4.69) is 29.7 Å². The minimum atomic E-state index is 0.0508. The standard InChI is InChI=1S/C24H27N3O3/c1-2-11-27-20-8-4-3-7-19(20)25-23(27)18-6-5-12-26(16-18)24(28)17-9-10-21-22(15-17)30-14-13-29-21/h3-4,7-10,15,18H,2,5-6,11-14,16H2,1H3. The Kier molecular flexibility index (Phi) is 5.07. The quantitative estimate of drug-likeness (QED) is 0.652. The molecule has 5 rings (SSSR count). The maximum atomic E-state index is 13.2. The molecule has 3 heterocycles. The first-order valence-corrected chi connectivity index (χ1v) is 10.9. The molecule has 6 heteroatoms. The molecular formula is C24H27N3O3. The van der Waals surface area contributed by atoms with Crippen LogP contribution in [0.25, 0.3) is 11.0 Å². The Morgan fingerprint density at radius 2 is 1.97 bits per heavy atom. The fraction of sp³-hybridized carbons (Fsp3) is 0.417. The van der Waals surface area contributed by atoms with E-state index in [4.69, 9.17) is 14.5 Å². The van der Waals surface area contributed by atoms with Gasteiger partial charge in [0.25, 0.3) is 5.91 Å². The molecule has 2 aliphatic rings. The van der Waals surface area contributed by atoms with Gasteiger partial charge in [-0.25, -0.2) is 4.98 Å². The predicted octanol–water partition coefficient (Wildman–Crippen LogP) is 4.24. The molecule has 1 unspecified atom stereocenters. The smallest absolute Gasteiger partial charge is 0.254 e. The van der Waals surface area contributed by atoms with Gasteiger partial charge >= 0.3 is 0 Å². The lowest BCUT2D eigenvalue weighted by Gasteiger charge is -2.33. The molecule has 0 aliphatic carbocycles. The summed E-state index contributed by atoms with van der Waals surface area (Å²) in [6, 6.07) is 13.8. The molecule has 0 saturated carbocycles. The summed E-state index contributed by atoms with van der Waals surface area (Å²) in [4.78, 5) is 20.2. The van der Waals surface area contributed by atoms with Crippen LogP contribution in [0.5, 0.6) is 11.5 Å². The number of para-hydroxylation sites is 2. The summed E-state index contributed by atoms with van der Waals surface area (Å²) < 4.78 is 13.6. The summed E-state index contributed by atoms with van der Waals surface area (Å²) in [6.07, 6.45) is 3.09. The van der Waals surface area contributed by atoms with Crippen LogP contribution in [0.3, 0.4) is 0 Å². The molecule has 6 nitrogen and oxygen atoms in total. The van der Waals surface area contributed by atoms with E-state index >= 15 is 0 Å². The van der Waals surface area contributed by atoms with Gasteiger partial charge in [-0.15, -0.1) is 0 Å². The van der Waals surface area contributed by atoms with Crippen molar-refractivity contribution in [1.82, 2.24) is 14.5 Å². The predicted molar refractivity (Wildman–Crippen MR) is 115 cm³/mol. The molecular weight excluding hydrogens is 378 g/mol. The third-order valence-corrected chi connectivity index (χ3v) is 5.99. The van der Waals surface area contributed by atoms with Gasteiger partial charge in [0.2, 0.25) is 0 Å². The van der Waals surface area contributed by atoms with Gasteiger partial charge in [-0.05, 0) is 49.6 Å². The summed E-state index contributed by atoms with van der Waals surface area (Å²) in [7, 11) is 0. The summed E-state index contributed by atoms with van der Waals surface area (Å²) in [6.45, 7) is 5.68. The number of likely N-dealkylation sites (tertiary alicyclic amines) is 1. The number of hydrogen-bond donors (Lipinski definition) is 0. The Balaban J connectivity index is 1.40. The highest BCUT2D eigenvalue weighted by Gasteiger charge is 2.29. The highest BCUT2D eigenvalue weighted by atomic mass is 16.6. The molecule has 1 atom stereocenters. The number of ether oxygens (including phenoxy) is 2. The second-order valence-corrected chi connectivity index (χ2v) is 8.06. The number of rotatable bonds is 4. The molecule has 3 aromatic rings. The minimum Gasteiger partial charge on any atom is -0.486 e. The lowest BCUT2D eigenvalue weighted by molar-refractivity contribution is 0.0702. The molecule has 1 fully saturated rings. The third kappa shape index (κ3) is 3.40. The van der Waals surface area contributed by atoms with Crippen LogP contribution in [0.15, 0.2) is 42.5 Å². The zero-order valence-corrected chi connectivity index (χ0v) is 17.3. The SMILES string of the molecule is CCCn1c(C2CCCN(C(=O)c3ccc4c(c3)OCCO4)C2)nc2ccccc21. The first-order valence-electron chi connectivity index (χ1n) is 10.9. The molecule has 0 spiro atoms. The van der Waals surface area contributed by atoms with E-state index < -0.39 is 0 Å². The Hall–Kier alpha value is -3.02. The molecule has 0 radical (unpaired) electrons. The zero-order valence-electron chi connectivity index (χ0n) is 17.3. The van der Waals surface area contributed by atoms with Crippen molar-refractivity contribution in [2.24, 2.45) is 0 Å². The van der Waals surface area contributed by atoms with E-state index in [0.29, 0.717) is 36.8 Å². The number of benzene rings is 2. The summed E-state index contributed by atoms with van der Waals surface area (Å²) in [5.41, 5.74) is 2.88. The van der Waals surface area contributed by atoms with Crippen molar-refractivity contribution in [3.05, 3.63) is 53.9 Å². The molecule has 0 bridgehead atoms. The van der Waals surface area contributed by atoms with Crippen LogP contribution in [0.4, 0.5) is 0 Å². The number of aromatic nitrogens is 2. The Morgan fingerprint density at radius 1 is 1.13 bits per heavy atom. The van der Waals surface area contributed by atoms with Gasteiger partial charge in [0.1, 0.15) is 19.0 Å². The highest BCUT2D eigenvalue weighted by molar-refractivity contribution is 5.95. The Labute approximate surface area is 176 Å².